The van der Waals surface area contributed by atoms with Crippen molar-refractivity contribution in [1.29, 1.82) is 0 Å². The van der Waals surface area contributed by atoms with E-state index in [9.17, 15) is 9.59 Å². The number of nitrogens with one attached hydrogen (secondary N) is 3. The largest absolute Gasteiger partial charge is 0.494 e. The molecule has 0 saturated heterocycles. The summed E-state index contributed by atoms with van der Waals surface area (Å²) >= 11 is 5.18. The third-order valence-electron chi connectivity index (χ3n) is 3.97. The Labute approximate surface area is 164 Å². The van der Waals surface area contributed by atoms with E-state index in [2.05, 4.69) is 22.5 Å². The predicted octanol–water partition coefficient (Wildman–Crippen LogP) is 3.77. The van der Waals surface area contributed by atoms with Crippen molar-refractivity contribution in [3.63, 3.8) is 0 Å². The number of H-pyrrole nitrogens is 1. The SMILES string of the molecule is CCCCCCOc1ccc(NC(=S)NC(=O)c2ccc(=O)[nH]c2C)cc1. The molecule has 27 heavy (non-hydrogen) atoms. The molecule has 2 rings (SSSR count). The number of anilines is 1. The van der Waals surface area contributed by atoms with Gasteiger partial charge in [-0.1, -0.05) is 26.2 Å². The van der Waals surface area contributed by atoms with Gasteiger partial charge in [0.05, 0.1) is 12.2 Å². The van der Waals surface area contributed by atoms with Crippen LogP contribution in [0.5, 0.6) is 5.75 Å². The molecule has 0 bridgehead atoms. The Balaban J connectivity index is 1.83. The van der Waals surface area contributed by atoms with Crippen LogP contribution in [0.15, 0.2) is 41.2 Å². The number of benzene rings is 1. The number of hydrogen-bond acceptors (Lipinski definition) is 4. The number of aryl methyl sites for hydroxylation is 1. The summed E-state index contributed by atoms with van der Waals surface area (Å²) in [5.41, 5.74) is 1.35. The average molecular weight is 388 g/mol. The van der Waals surface area contributed by atoms with Gasteiger partial charge in [0, 0.05) is 17.4 Å². The molecule has 0 spiro atoms. The molecule has 0 fully saturated rings. The lowest BCUT2D eigenvalue weighted by Crippen LogP contribution is -2.35. The van der Waals surface area contributed by atoms with Crippen LogP contribution in [0.3, 0.4) is 0 Å². The van der Waals surface area contributed by atoms with Gasteiger partial charge >= 0.3 is 0 Å². The summed E-state index contributed by atoms with van der Waals surface area (Å²) in [6.45, 7) is 4.55. The first-order valence-corrected chi connectivity index (χ1v) is 9.45. The lowest BCUT2D eigenvalue weighted by Gasteiger charge is -2.11. The highest BCUT2D eigenvalue weighted by atomic mass is 32.1. The summed E-state index contributed by atoms with van der Waals surface area (Å²) in [6.07, 6.45) is 4.67. The van der Waals surface area contributed by atoms with Gasteiger partial charge in [-0.15, -0.1) is 0 Å². The fourth-order valence-electron chi connectivity index (χ4n) is 2.51. The second-order valence-corrected chi connectivity index (χ2v) is 6.61. The summed E-state index contributed by atoms with van der Waals surface area (Å²) in [4.78, 5) is 26.1. The van der Waals surface area contributed by atoms with Crippen molar-refractivity contribution >= 4 is 28.9 Å². The van der Waals surface area contributed by atoms with E-state index in [1.165, 1.54) is 31.4 Å². The standard InChI is InChI=1S/C20H25N3O3S/c1-3-4-5-6-13-26-16-9-7-15(8-10-16)22-20(27)23-19(25)17-11-12-18(24)21-14(17)2/h7-12H,3-6,13H2,1-2H3,(H,21,24)(H2,22,23,25,27). The van der Waals surface area contributed by atoms with Gasteiger partial charge in [0.2, 0.25) is 5.56 Å². The van der Waals surface area contributed by atoms with E-state index in [0.717, 1.165) is 17.9 Å². The molecule has 0 atom stereocenters. The van der Waals surface area contributed by atoms with Crippen LogP contribution < -0.4 is 20.9 Å². The second kappa shape index (κ2) is 10.5. The first-order valence-electron chi connectivity index (χ1n) is 9.04. The normalized spacial score (nSPS) is 10.3. The molecule has 7 heteroatoms. The number of hydrogen-bond donors (Lipinski definition) is 3. The topological polar surface area (TPSA) is 83.2 Å². The third-order valence-corrected chi connectivity index (χ3v) is 4.17. The van der Waals surface area contributed by atoms with Crippen LogP contribution in [-0.4, -0.2) is 22.6 Å². The molecule has 2 aromatic rings. The Morgan fingerprint density at radius 1 is 1.11 bits per heavy atom. The quantitative estimate of drug-likeness (QED) is 0.474. The van der Waals surface area contributed by atoms with E-state index in [-0.39, 0.29) is 16.6 Å². The van der Waals surface area contributed by atoms with E-state index in [0.29, 0.717) is 17.9 Å². The summed E-state index contributed by atoms with van der Waals surface area (Å²) in [5, 5.41) is 5.74. The fourth-order valence-corrected chi connectivity index (χ4v) is 2.72. The van der Waals surface area contributed by atoms with Crippen LogP contribution in [0.1, 0.15) is 48.7 Å². The maximum Gasteiger partial charge on any atom is 0.259 e. The molecule has 3 N–H and O–H groups in total. The summed E-state index contributed by atoms with van der Waals surface area (Å²) in [5.74, 6) is 0.421. The van der Waals surface area contributed by atoms with Crippen molar-refractivity contribution in [1.82, 2.24) is 10.3 Å². The number of carbonyl (C=O) groups excluding carboxylic acids is 1. The first kappa shape index (κ1) is 20.6. The van der Waals surface area contributed by atoms with Gasteiger partial charge in [-0.3, -0.25) is 14.9 Å². The molecule has 1 aromatic carbocycles. The first-order chi connectivity index (χ1) is 13.0. The lowest BCUT2D eigenvalue weighted by atomic mass is 10.2. The number of ether oxygens (including phenoxy) is 1. The van der Waals surface area contributed by atoms with Gasteiger partial charge in [-0.25, -0.2) is 0 Å². The number of aromatic amines is 1. The Kier molecular flexibility index (Phi) is 8.00. The molecule has 0 saturated carbocycles. The van der Waals surface area contributed by atoms with E-state index in [1.54, 1.807) is 6.92 Å². The Hall–Kier alpha value is -2.67. The van der Waals surface area contributed by atoms with Gasteiger partial charge in [-0.2, -0.15) is 0 Å². The van der Waals surface area contributed by atoms with Crippen molar-refractivity contribution in [3.05, 3.63) is 58.0 Å². The maximum absolute atomic E-state index is 12.2. The highest BCUT2D eigenvalue weighted by Gasteiger charge is 2.11. The maximum atomic E-state index is 12.2. The minimum atomic E-state index is -0.381. The molecule has 0 aliphatic rings. The molecule has 1 heterocycles. The van der Waals surface area contributed by atoms with E-state index >= 15 is 0 Å². The number of pyridine rings is 1. The molecular formula is C20H25N3O3S. The van der Waals surface area contributed by atoms with Crippen molar-refractivity contribution in [2.75, 3.05) is 11.9 Å². The number of amides is 1. The Morgan fingerprint density at radius 3 is 2.52 bits per heavy atom. The summed E-state index contributed by atoms with van der Waals surface area (Å²) < 4.78 is 5.70. The average Bonchev–Trinajstić information content (AvgIpc) is 2.62. The van der Waals surface area contributed by atoms with Crippen LogP contribution in [0.25, 0.3) is 0 Å². The van der Waals surface area contributed by atoms with Gasteiger partial charge in [-0.05, 0) is 55.9 Å². The predicted molar refractivity (Wildman–Crippen MR) is 112 cm³/mol. The van der Waals surface area contributed by atoms with Crippen molar-refractivity contribution in [3.8, 4) is 5.75 Å². The highest BCUT2D eigenvalue weighted by molar-refractivity contribution is 7.80. The summed E-state index contributed by atoms with van der Waals surface area (Å²) in [7, 11) is 0. The minimum Gasteiger partial charge on any atom is -0.494 e. The van der Waals surface area contributed by atoms with Gasteiger partial charge < -0.3 is 15.0 Å². The zero-order chi connectivity index (χ0) is 19.6. The summed E-state index contributed by atoms with van der Waals surface area (Å²) in [6, 6.07) is 10.2. The molecule has 6 nitrogen and oxygen atoms in total. The lowest BCUT2D eigenvalue weighted by molar-refractivity contribution is 0.0976. The van der Waals surface area contributed by atoms with Crippen LogP contribution in [0.2, 0.25) is 0 Å². The van der Waals surface area contributed by atoms with Gasteiger partial charge in [0.1, 0.15) is 5.75 Å². The molecule has 144 valence electrons. The third kappa shape index (κ3) is 6.86. The van der Waals surface area contributed by atoms with Crippen molar-refractivity contribution in [2.24, 2.45) is 0 Å². The van der Waals surface area contributed by atoms with Crippen LogP contribution in [0, 0.1) is 6.92 Å². The van der Waals surface area contributed by atoms with Gasteiger partial charge in [0.25, 0.3) is 5.91 Å². The zero-order valence-corrected chi connectivity index (χ0v) is 16.4. The van der Waals surface area contributed by atoms with E-state index in [1.807, 2.05) is 24.3 Å². The number of thiocarbonyl (C=S) groups is 1. The van der Waals surface area contributed by atoms with Gasteiger partial charge in [0.15, 0.2) is 5.11 Å². The molecular weight excluding hydrogens is 362 g/mol. The number of carbonyl (C=O) groups is 1. The Bertz CT molecular complexity index is 831. The molecule has 0 unspecified atom stereocenters. The van der Waals surface area contributed by atoms with E-state index < -0.39 is 0 Å². The van der Waals surface area contributed by atoms with Crippen molar-refractivity contribution < 1.29 is 9.53 Å². The highest BCUT2D eigenvalue weighted by Crippen LogP contribution is 2.16. The molecule has 0 aliphatic heterocycles. The molecule has 0 aliphatic carbocycles. The van der Waals surface area contributed by atoms with Crippen LogP contribution >= 0.6 is 12.2 Å². The fraction of sp³-hybridized carbons (Fsp3) is 0.350. The van der Waals surface area contributed by atoms with Crippen LogP contribution in [-0.2, 0) is 0 Å². The monoisotopic (exact) mass is 387 g/mol. The van der Waals surface area contributed by atoms with Crippen molar-refractivity contribution in [2.45, 2.75) is 39.5 Å². The zero-order valence-electron chi connectivity index (χ0n) is 15.6. The minimum absolute atomic E-state index is 0.179. The number of unbranched alkanes of at least 4 members (excludes halogenated alkanes) is 3. The number of rotatable bonds is 8. The number of aromatic nitrogens is 1. The molecule has 0 radical (unpaired) electrons. The smallest absolute Gasteiger partial charge is 0.259 e. The Morgan fingerprint density at radius 2 is 1.85 bits per heavy atom. The molecule has 1 aromatic heterocycles. The molecule has 1 amide bonds. The van der Waals surface area contributed by atoms with E-state index in [4.69, 9.17) is 17.0 Å². The van der Waals surface area contributed by atoms with Crippen LogP contribution in [0.4, 0.5) is 5.69 Å². The second-order valence-electron chi connectivity index (χ2n) is 6.20.